The molecule has 1 atom stereocenters. The molecule has 3 amide bonds. The van der Waals surface area contributed by atoms with E-state index in [1.807, 2.05) is 0 Å². The molecule has 0 saturated carbocycles. The Balaban J connectivity index is 1.74. The molecule has 1 aliphatic rings. The average Bonchev–Trinajstić information content (AvgIpc) is 2.78. The maximum absolute atomic E-state index is 12.5. The number of amides is 3. The summed E-state index contributed by atoms with van der Waals surface area (Å²) in [6, 6.07) is 8.61. The van der Waals surface area contributed by atoms with Crippen molar-refractivity contribution in [2.75, 3.05) is 24.9 Å². The van der Waals surface area contributed by atoms with Crippen LogP contribution in [0.15, 0.2) is 36.4 Å². The molecule has 146 valence electrons. The van der Waals surface area contributed by atoms with Crippen LogP contribution in [0.1, 0.15) is 16.8 Å². The first-order chi connectivity index (χ1) is 13.4. The summed E-state index contributed by atoms with van der Waals surface area (Å²) in [5.74, 6) is -0.669. The van der Waals surface area contributed by atoms with Crippen molar-refractivity contribution in [3.05, 3.63) is 47.0 Å². The Morgan fingerprint density at radius 1 is 1.14 bits per heavy atom. The molecule has 28 heavy (non-hydrogen) atoms. The molecule has 1 unspecified atom stereocenters. The summed E-state index contributed by atoms with van der Waals surface area (Å²) in [5, 5.41) is 8.15. The quantitative estimate of drug-likeness (QED) is 0.711. The van der Waals surface area contributed by atoms with Crippen molar-refractivity contribution < 1.29 is 23.9 Å². The highest BCUT2D eigenvalue weighted by molar-refractivity contribution is 6.32. The van der Waals surface area contributed by atoms with Gasteiger partial charge in [0.25, 0.3) is 5.91 Å². The molecule has 3 rings (SSSR count). The van der Waals surface area contributed by atoms with Gasteiger partial charge in [-0.2, -0.15) is 0 Å². The molecule has 0 radical (unpaired) electrons. The van der Waals surface area contributed by atoms with Crippen molar-refractivity contribution in [2.24, 2.45) is 0 Å². The van der Waals surface area contributed by atoms with Crippen LogP contribution in [0.2, 0.25) is 5.02 Å². The Morgan fingerprint density at radius 2 is 1.86 bits per heavy atom. The van der Waals surface area contributed by atoms with E-state index in [9.17, 15) is 14.4 Å². The van der Waals surface area contributed by atoms with Gasteiger partial charge in [0, 0.05) is 6.07 Å². The average molecular weight is 404 g/mol. The highest BCUT2D eigenvalue weighted by Gasteiger charge is 2.29. The lowest BCUT2D eigenvalue weighted by molar-refractivity contribution is -0.122. The van der Waals surface area contributed by atoms with Crippen LogP contribution in [-0.4, -0.2) is 38.0 Å². The van der Waals surface area contributed by atoms with Crippen molar-refractivity contribution in [1.82, 2.24) is 5.32 Å². The summed E-state index contributed by atoms with van der Waals surface area (Å²) in [6.07, 6.45) is -0.266. The van der Waals surface area contributed by atoms with Gasteiger partial charge < -0.3 is 25.4 Å². The van der Waals surface area contributed by atoms with Gasteiger partial charge in [0.05, 0.1) is 42.6 Å². The second-order valence-corrected chi connectivity index (χ2v) is 6.41. The highest BCUT2D eigenvalue weighted by Crippen LogP contribution is 2.36. The summed E-state index contributed by atoms with van der Waals surface area (Å²) < 4.78 is 10.3. The van der Waals surface area contributed by atoms with E-state index in [2.05, 4.69) is 16.0 Å². The number of benzene rings is 2. The molecule has 1 heterocycles. The van der Waals surface area contributed by atoms with Gasteiger partial charge in [0.1, 0.15) is 17.5 Å². The maximum atomic E-state index is 12.5. The van der Waals surface area contributed by atoms with Gasteiger partial charge in [-0.05, 0) is 18.2 Å². The van der Waals surface area contributed by atoms with E-state index in [0.29, 0.717) is 28.4 Å². The molecular weight excluding hydrogens is 386 g/mol. The number of nitrogens with one attached hydrogen (secondary N) is 3. The number of hydrogen-bond acceptors (Lipinski definition) is 5. The smallest absolute Gasteiger partial charge is 0.254 e. The van der Waals surface area contributed by atoms with E-state index in [4.69, 9.17) is 21.1 Å². The van der Waals surface area contributed by atoms with E-state index < -0.39 is 23.8 Å². The molecule has 9 heteroatoms. The van der Waals surface area contributed by atoms with Crippen LogP contribution in [0.4, 0.5) is 11.4 Å². The highest BCUT2D eigenvalue weighted by atomic mass is 35.5. The van der Waals surface area contributed by atoms with E-state index in [0.717, 1.165) is 0 Å². The van der Waals surface area contributed by atoms with Crippen LogP contribution < -0.4 is 25.4 Å². The van der Waals surface area contributed by atoms with Crippen LogP contribution in [0, 0.1) is 0 Å². The van der Waals surface area contributed by atoms with Gasteiger partial charge >= 0.3 is 0 Å². The third-order valence-corrected chi connectivity index (χ3v) is 4.48. The second-order valence-electron chi connectivity index (χ2n) is 6.00. The number of hydrogen-bond donors (Lipinski definition) is 3. The van der Waals surface area contributed by atoms with Crippen LogP contribution in [-0.2, 0) is 9.59 Å². The molecule has 8 nitrogen and oxygen atoms in total. The SMILES string of the molecule is COc1cc(OC)c(NC(=O)CC2NC(=O)c3ccccc3NC2=O)cc1Cl. The minimum atomic E-state index is -1.03. The zero-order chi connectivity index (χ0) is 20.3. The number of carbonyl (C=O) groups excluding carboxylic acids is 3. The van der Waals surface area contributed by atoms with E-state index >= 15 is 0 Å². The first-order valence-corrected chi connectivity index (χ1v) is 8.73. The number of methoxy groups -OCH3 is 2. The standard InChI is InChI=1S/C19H18ClN3O5/c1-27-15-9-16(28-2)13(7-11(15)20)21-17(24)8-14-19(26)22-12-6-4-3-5-10(12)18(25)23-14/h3-7,9,14H,8H2,1-2H3,(H,21,24)(H,22,26)(H,23,25). The Labute approximate surface area is 166 Å². The molecule has 0 bridgehead atoms. The third kappa shape index (κ3) is 4.01. The zero-order valence-corrected chi connectivity index (χ0v) is 15.9. The number of halogens is 1. The molecule has 0 saturated heterocycles. The zero-order valence-electron chi connectivity index (χ0n) is 15.2. The number of fused-ring (bicyclic) bond motifs is 1. The Hall–Kier alpha value is -3.26. The summed E-state index contributed by atoms with van der Waals surface area (Å²) >= 11 is 6.10. The predicted octanol–water partition coefficient (Wildman–Crippen LogP) is 2.44. The van der Waals surface area contributed by atoms with Gasteiger partial charge in [-0.15, -0.1) is 0 Å². The Kier molecular flexibility index (Phi) is 5.70. The molecule has 2 aromatic carbocycles. The van der Waals surface area contributed by atoms with Crippen molar-refractivity contribution in [3.8, 4) is 11.5 Å². The first-order valence-electron chi connectivity index (χ1n) is 8.35. The number of para-hydroxylation sites is 1. The van der Waals surface area contributed by atoms with Gasteiger partial charge in [0.2, 0.25) is 11.8 Å². The predicted molar refractivity (Wildman–Crippen MR) is 104 cm³/mol. The molecule has 0 aromatic heterocycles. The lowest BCUT2D eigenvalue weighted by atomic mass is 10.1. The van der Waals surface area contributed by atoms with E-state index in [1.165, 1.54) is 26.4 Å². The van der Waals surface area contributed by atoms with Crippen molar-refractivity contribution in [3.63, 3.8) is 0 Å². The largest absolute Gasteiger partial charge is 0.495 e. The fourth-order valence-electron chi connectivity index (χ4n) is 2.80. The Morgan fingerprint density at radius 3 is 2.57 bits per heavy atom. The summed E-state index contributed by atoms with van der Waals surface area (Å²) in [5.41, 5.74) is 1.06. The van der Waals surface area contributed by atoms with E-state index in [-0.39, 0.29) is 11.4 Å². The molecule has 1 aliphatic heterocycles. The van der Waals surface area contributed by atoms with E-state index in [1.54, 1.807) is 24.3 Å². The van der Waals surface area contributed by atoms with Crippen molar-refractivity contribution in [2.45, 2.75) is 12.5 Å². The molecule has 0 spiro atoms. The van der Waals surface area contributed by atoms with Gasteiger partial charge in [0.15, 0.2) is 0 Å². The third-order valence-electron chi connectivity index (χ3n) is 4.19. The minimum Gasteiger partial charge on any atom is -0.495 e. The minimum absolute atomic E-state index is 0.266. The number of anilines is 2. The van der Waals surface area contributed by atoms with Gasteiger partial charge in [-0.3, -0.25) is 14.4 Å². The normalized spacial score (nSPS) is 15.6. The lowest BCUT2D eigenvalue weighted by Gasteiger charge is -2.16. The molecule has 2 aromatic rings. The molecule has 0 aliphatic carbocycles. The summed E-state index contributed by atoms with van der Waals surface area (Å²) in [7, 11) is 2.90. The lowest BCUT2D eigenvalue weighted by Crippen LogP contribution is -2.43. The van der Waals surface area contributed by atoms with Gasteiger partial charge in [-0.25, -0.2) is 0 Å². The number of carbonyl (C=O) groups is 3. The number of rotatable bonds is 5. The van der Waals surface area contributed by atoms with Gasteiger partial charge in [-0.1, -0.05) is 23.7 Å². The van der Waals surface area contributed by atoms with Crippen molar-refractivity contribution in [1.29, 1.82) is 0 Å². The molecule has 3 N–H and O–H groups in total. The van der Waals surface area contributed by atoms with Crippen LogP contribution in [0.3, 0.4) is 0 Å². The fraction of sp³-hybridized carbons (Fsp3) is 0.211. The molecular formula is C19H18ClN3O5. The topological polar surface area (TPSA) is 106 Å². The Bertz CT molecular complexity index is 947. The van der Waals surface area contributed by atoms with Crippen LogP contribution in [0.5, 0.6) is 11.5 Å². The number of ether oxygens (including phenoxy) is 2. The summed E-state index contributed by atoms with van der Waals surface area (Å²) in [4.78, 5) is 37.2. The second kappa shape index (κ2) is 8.18. The van der Waals surface area contributed by atoms with Crippen LogP contribution >= 0.6 is 11.6 Å². The molecule has 0 fully saturated rings. The van der Waals surface area contributed by atoms with Crippen molar-refractivity contribution >= 4 is 40.7 Å². The maximum Gasteiger partial charge on any atom is 0.254 e. The fourth-order valence-corrected chi connectivity index (χ4v) is 3.04. The van der Waals surface area contributed by atoms with Crippen LogP contribution in [0.25, 0.3) is 0 Å². The summed E-state index contributed by atoms with van der Waals surface area (Å²) in [6.45, 7) is 0. The monoisotopic (exact) mass is 403 g/mol. The first kappa shape index (κ1) is 19.5.